The maximum Gasteiger partial charge on any atom is 0.416 e. The summed E-state index contributed by atoms with van der Waals surface area (Å²) in [5, 5.41) is 0. The molecule has 1 aromatic heterocycles. The van der Waals surface area contributed by atoms with Gasteiger partial charge in [-0.05, 0) is 55.3 Å². The summed E-state index contributed by atoms with van der Waals surface area (Å²) in [6, 6.07) is 13.6. The molecule has 8 heteroatoms. The summed E-state index contributed by atoms with van der Waals surface area (Å²) in [4.78, 5) is 17.1. The normalized spacial score (nSPS) is 14.6. The Balaban J connectivity index is 1.53. The molecule has 1 aliphatic heterocycles. The number of nitrogens with zero attached hydrogens (tertiary/aromatic N) is 3. The first-order chi connectivity index (χ1) is 15.6. The predicted octanol–water partition coefficient (Wildman–Crippen LogP) is 5.27. The highest BCUT2D eigenvalue weighted by atomic mass is 19.4. The number of hydrogen-bond donors (Lipinski definition) is 0. The van der Waals surface area contributed by atoms with Gasteiger partial charge in [-0.2, -0.15) is 13.2 Å². The maximum atomic E-state index is 14.1. The van der Waals surface area contributed by atoms with E-state index >= 15 is 0 Å². The van der Waals surface area contributed by atoms with Crippen molar-refractivity contribution in [2.75, 3.05) is 31.1 Å². The van der Waals surface area contributed by atoms with Gasteiger partial charge in [-0.3, -0.25) is 4.79 Å². The number of amides is 1. The summed E-state index contributed by atoms with van der Waals surface area (Å²) >= 11 is 0. The van der Waals surface area contributed by atoms with Crippen LogP contribution in [0.2, 0.25) is 0 Å². The van der Waals surface area contributed by atoms with Gasteiger partial charge in [-0.25, -0.2) is 4.39 Å². The molecular weight excluding hydrogens is 434 g/mol. The lowest BCUT2D eigenvalue weighted by Crippen LogP contribution is -2.49. The molecule has 33 heavy (non-hydrogen) atoms. The fraction of sp³-hybridized carbons (Fsp3) is 0.320. The first-order valence-corrected chi connectivity index (χ1v) is 10.8. The van der Waals surface area contributed by atoms with Crippen molar-refractivity contribution < 1.29 is 22.4 Å². The molecule has 1 amide bonds. The minimum atomic E-state index is -4.42. The van der Waals surface area contributed by atoms with Gasteiger partial charge in [0.1, 0.15) is 11.5 Å². The van der Waals surface area contributed by atoms with E-state index in [4.69, 9.17) is 0 Å². The molecule has 4 nitrogen and oxygen atoms in total. The maximum absolute atomic E-state index is 14.1. The topological polar surface area (TPSA) is 28.5 Å². The van der Waals surface area contributed by atoms with Gasteiger partial charge < -0.3 is 14.4 Å². The van der Waals surface area contributed by atoms with E-state index in [0.717, 1.165) is 23.4 Å². The molecular formula is C25H25F4N3O. The van der Waals surface area contributed by atoms with Crippen molar-refractivity contribution in [3.8, 4) is 0 Å². The van der Waals surface area contributed by atoms with Crippen LogP contribution in [0.3, 0.4) is 0 Å². The molecule has 0 unspecified atom stereocenters. The number of para-hydroxylation sites is 1. The zero-order chi connectivity index (χ0) is 23.8. The number of aryl methyl sites for hydroxylation is 2. The number of piperazine rings is 1. The third-order valence-corrected chi connectivity index (χ3v) is 6.05. The number of anilines is 1. The van der Waals surface area contributed by atoms with Crippen LogP contribution < -0.4 is 4.90 Å². The van der Waals surface area contributed by atoms with Crippen LogP contribution in [-0.2, 0) is 12.7 Å². The smallest absolute Gasteiger partial charge is 0.366 e. The fourth-order valence-corrected chi connectivity index (χ4v) is 4.37. The molecule has 4 rings (SSSR count). The molecule has 1 fully saturated rings. The highest BCUT2D eigenvalue weighted by Crippen LogP contribution is 2.30. The molecule has 0 saturated carbocycles. The zero-order valence-electron chi connectivity index (χ0n) is 18.5. The quantitative estimate of drug-likeness (QED) is 0.497. The first kappa shape index (κ1) is 22.9. The van der Waals surface area contributed by atoms with Gasteiger partial charge in [0.15, 0.2) is 0 Å². The number of alkyl halides is 3. The Morgan fingerprint density at radius 2 is 1.64 bits per heavy atom. The molecule has 0 atom stereocenters. The minimum absolute atomic E-state index is 0.166. The van der Waals surface area contributed by atoms with Crippen LogP contribution in [0.5, 0.6) is 0 Å². The van der Waals surface area contributed by atoms with E-state index in [1.807, 2.05) is 24.8 Å². The summed E-state index contributed by atoms with van der Waals surface area (Å²) in [7, 11) is 0. The number of carbonyl (C=O) groups excluding carboxylic acids is 1. The van der Waals surface area contributed by atoms with Gasteiger partial charge >= 0.3 is 6.18 Å². The second-order valence-electron chi connectivity index (χ2n) is 8.33. The van der Waals surface area contributed by atoms with Crippen molar-refractivity contribution in [3.05, 3.63) is 88.5 Å². The molecule has 0 radical (unpaired) electrons. The van der Waals surface area contributed by atoms with Gasteiger partial charge in [0.25, 0.3) is 5.91 Å². The molecule has 2 heterocycles. The van der Waals surface area contributed by atoms with Crippen molar-refractivity contribution in [2.45, 2.75) is 26.6 Å². The van der Waals surface area contributed by atoms with Crippen LogP contribution in [-0.4, -0.2) is 41.6 Å². The number of halogens is 4. The summed E-state index contributed by atoms with van der Waals surface area (Å²) in [6.07, 6.45) is -4.42. The molecule has 1 aliphatic rings. The summed E-state index contributed by atoms with van der Waals surface area (Å²) in [5.41, 5.74) is 2.34. The Labute approximate surface area is 190 Å². The van der Waals surface area contributed by atoms with Gasteiger partial charge in [0.2, 0.25) is 0 Å². The molecule has 0 bridgehead atoms. The lowest BCUT2D eigenvalue weighted by Gasteiger charge is -2.36. The molecule has 0 aliphatic carbocycles. The molecule has 2 aromatic carbocycles. The van der Waals surface area contributed by atoms with E-state index < -0.39 is 11.7 Å². The Hall–Kier alpha value is -3.29. The van der Waals surface area contributed by atoms with Crippen LogP contribution in [0.25, 0.3) is 0 Å². The molecule has 0 spiro atoms. The first-order valence-electron chi connectivity index (χ1n) is 10.8. The Kier molecular flexibility index (Phi) is 6.19. The van der Waals surface area contributed by atoms with Crippen LogP contribution in [0, 0.1) is 19.7 Å². The SMILES string of the molecule is Cc1cc(C)n(Cc2cccc(C(F)(F)F)c2)c1C(=O)N1CCN(c2ccccc2F)CC1. The second kappa shape index (κ2) is 8.92. The molecule has 0 N–H and O–H groups in total. The van der Waals surface area contributed by atoms with E-state index in [9.17, 15) is 22.4 Å². The number of rotatable bonds is 4. The number of benzene rings is 2. The lowest BCUT2D eigenvalue weighted by atomic mass is 10.1. The average molecular weight is 459 g/mol. The lowest BCUT2D eigenvalue weighted by molar-refractivity contribution is -0.137. The summed E-state index contributed by atoms with van der Waals surface area (Å²) in [6.45, 7) is 5.70. The van der Waals surface area contributed by atoms with Gasteiger partial charge in [0, 0.05) is 38.4 Å². The highest BCUT2D eigenvalue weighted by molar-refractivity contribution is 5.94. The van der Waals surface area contributed by atoms with Crippen molar-refractivity contribution in [2.24, 2.45) is 0 Å². The largest absolute Gasteiger partial charge is 0.416 e. The van der Waals surface area contributed by atoms with E-state index in [1.54, 1.807) is 33.7 Å². The Morgan fingerprint density at radius 1 is 0.939 bits per heavy atom. The third-order valence-electron chi connectivity index (χ3n) is 6.05. The summed E-state index contributed by atoms with van der Waals surface area (Å²) in [5.74, 6) is -0.459. The van der Waals surface area contributed by atoms with Crippen LogP contribution >= 0.6 is 0 Å². The predicted molar refractivity (Wildman–Crippen MR) is 119 cm³/mol. The van der Waals surface area contributed by atoms with Crippen molar-refractivity contribution in [1.82, 2.24) is 9.47 Å². The Morgan fingerprint density at radius 3 is 2.30 bits per heavy atom. The molecule has 3 aromatic rings. The van der Waals surface area contributed by atoms with E-state index in [1.165, 1.54) is 12.1 Å². The van der Waals surface area contributed by atoms with Crippen molar-refractivity contribution in [1.29, 1.82) is 0 Å². The third kappa shape index (κ3) is 4.74. The highest BCUT2D eigenvalue weighted by Gasteiger charge is 2.31. The van der Waals surface area contributed by atoms with Crippen LogP contribution in [0.4, 0.5) is 23.2 Å². The minimum Gasteiger partial charge on any atom is -0.366 e. The van der Waals surface area contributed by atoms with E-state index in [0.29, 0.717) is 43.1 Å². The second-order valence-corrected chi connectivity index (χ2v) is 8.33. The van der Waals surface area contributed by atoms with Gasteiger partial charge in [0.05, 0.1) is 11.3 Å². The van der Waals surface area contributed by atoms with Crippen molar-refractivity contribution in [3.63, 3.8) is 0 Å². The fourth-order valence-electron chi connectivity index (χ4n) is 4.37. The van der Waals surface area contributed by atoms with Gasteiger partial charge in [-0.1, -0.05) is 24.3 Å². The summed E-state index contributed by atoms with van der Waals surface area (Å²) < 4.78 is 55.3. The molecule has 174 valence electrons. The number of aromatic nitrogens is 1. The number of hydrogen-bond acceptors (Lipinski definition) is 2. The van der Waals surface area contributed by atoms with E-state index in [-0.39, 0.29) is 18.3 Å². The average Bonchev–Trinajstić information content (AvgIpc) is 3.06. The molecule has 1 saturated heterocycles. The Bertz CT molecular complexity index is 1160. The van der Waals surface area contributed by atoms with Crippen LogP contribution in [0.15, 0.2) is 54.6 Å². The monoisotopic (exact) mass is 459 g/mol. The van der Waals surface area contributed by atoms with Crippen molar-refractivity contribution >= 4 is 11.6 Å². The van der Waals surface area contributed by atoms with Gasteiger partial charge in [-0.15, -0.1) is 0 Å². The zero-order valence-corrected chi connectivity index (χ0v) is 18.5. The standard InChI is InChI=1S/C25H25F4N3O/c1-17-14-18(2)32(16-19-6-5-7-20(15-19)25(27,28)29)23(17)24(33)31-12-10-30(11-13-31)22-9-4-3-8-21(22)26/h3-9,14-15H,10-13,16H2,1-2H3. The van der Waals surface area contributed by atoms with Crippen LogP contribution in [0.1, 0.15) is 32.9 Å². The number of carbonyl (C=O) groups is 1. The van der Waals surface area contributed by atoms with E-state index in [2.05, 4.69) is 0 Å².